The van der Waals surface area contributed by atoms with Gasteiger partial charge in [0.05, 0.1) is 5.69 Å². The summed E-state index contributed by atoms with van der Waals surface area (Å²) in [5, 5.41) is 21.0. The molecule has 0 saturated heterocycles. The molecule has 0 saturated carbocycles. The van der Waals surface area contributed by atoms with Crippen LogP contribution in [0.15, 0.2) is 47.6 Å². The Kier molecular flexibility index (Phi) is 4.86. The summed E-state index contributed by atoms with van der Waals surface area (Å²) in [5.41, 5.74) is 6.16. The van der Waals surface area contributed by atoms with E-state index in [4.69, 9.17) is 10.5 Å². The number of rotatable bonds is 4. The molecule has 0 aliphatic heterocycles. The molecule has 0 aromatic heterocycles. The van der Waals surface area contributed by atoms with Crippen molar-refractivity contribution in [3.8, 4) is 12.1 Å². The predicted octanol–water partition coefficient (Wildman–Crippen LogP) is 3.35. The number of hydrazone groups is 1. The van der Waals surface area contributed by atoms with Gasteiger partial charge in [-0.3, -0.25) is 10.2 Å². The third-order valence-corrected chi connectivity index (χ3v) is 3.40. The summed E-state index contributed by atoms with van der Waals surface area (Å²) in [6.07, 6.45) is 0. The van der Waals surface area contributed by atoms with Crippen molar-refractivity contribution in [2.75, 3.05) is 5.43 Å². The summed E-state index contributed by atoms with van der Waals surface area (Å²) in [4.78, 5) is 12.5. The summed E-state index contributed by atoms with van der Waals surface area (Å²) >= 11 is 0. The van der Waals surface area contributed by atoms with Gasteiger partial charge in [-0.25, -0.2) is 0 Å². The van der Waals surface area contributed by atoms with Gasteiger partial charge in [0, 0.05) is 11.1 Å². The first-order valence-corrected chi connectivity index (χ1v) is 6.91. The molecule has 23 heavy (non-hydrogen) atoms. The van der Waals surface area contributed by atoms with Crippen molar-refractivity contribution in [1.82, 2.24) is 0 Å². The maximum Gasteiger partial charge on any atom is 0.237 e. The van der Waals surface area contributed by atoms with Crippen LogP contribution < -0.4 is 5.43 Å². The van der Waals surface area contributed by atoms with Crippen molar-refractivity contribution in [3.05, 3.63) is 64.7 Å². The van der Waals surface area contributed by atoms with E-state index >= 15 is 0 Å². The first-order chi connectivity index (χ1) is 11.0. The van der Waals surface area contributed by atoms with E-state index in [9.17, 15) is 4.79 Å². The molecule has 1 N–H and O–H groups in total. The van der Waals surface area contributed by atoms with Crippen LogP contribution in [0.25, 0.3) is 0 Å². The smallest absolute Gasteiger partial charge is 0.237 e. The molecule has 0 heterocycles. The van der Waals surface area contributed by atoms with Crippen LogP contribution >= 0.6 is 0 Å². The Hall–Kier alpha value is -3.44. The van der Waals surface area contributed by atoms with Crippen molar-refractivity contribution in [2.45, 2.75) is 13.8 Å². The third-order valence-electron chi connectivity index (χ3n) is 3.40. The van der Waals surface area contributed by atoms with Gasteiger partial charge in [-0.05, 0) is 43.2 Å². The molecule has 5 nitrogen and oxygen atoms in total. The van der Waals surface area contributed by atoms with E-state index in [0.29, 0.717) is 16.8 Å². The Morgan fingerprint density at radius 1 is 1.00 bits per heavy atom. The summed E-state index contributed by atoms with van der Waals surface area (Å²) < 4.78 is 0. The Morgan fingerprint density at radius 2 is 1.70 bits per heavy atom. The Morgan fingerprint density at radius 3 is 2.35 bits per heavy atom. The number of aryl methyl sites for hydroxylation is 2. The van der Waals surface area contributed by atoms with Crippen LogP contribution in [-0.2, 0) is 0 Å². The van der Waals surface area contributed by atoms with E-state index in [-0.39, 0.29) is 11.5 Å². The number of carbonyl (C=O) groups is 1. The topological polar surface area (TPSA) is 89.0 Å². The Labute approximate surface area is 134 Å². The van der Waals surface area contributed by atoms with E-state index in [0.717, 1.165) is 11.1 Å². The highest BCUT2D eigenvalue weighted by Gasteiger charge is 2.10. The van der Waals surface area contributed by atoms with Crippen LogP contribution in [0.3, 0.4) is 0 Å². The number of benzene rings is 2. The molecule has 112 valence electrons. The van der Waals surface area contributed by atoms with Crippen molar-refractivity contribution < 1.29 is 4.79 Å². The van der Waals surface area contributed by atoms with Crippen LogP contribution in [0.1, 0.15) is 27.0 Å². The highest BCUT2D eigenvalue weighted by atomic mass is 16.1. The fourth-order valence-corrected chi connectivity index (χ4v) is 1.97. The molecule has 5 heteroatoms. The maximum atomic E-state index is 12.5. The number of carbonyl (C=O) groups excluding carboxylic acids is 1. The molecule has 2 aromatic carbocycles. The lowest BCUT2D eigenvalue weighted by atomic mass is 9.99. The molecule has 0 amide bonds. The summed E-state index contributed by atoms with van der Waals surface area (Å²) in [6.45, 7) is 3.96. The fourth-order valence-electron chi connectivity index (χ4n) is 1.97. The quantitative estimate of drug-likeness (QED) is 0.533. The van der Waals surface area contributed by atoms with E-state index in [1.54, 1.807) is 42.5 Å². The summed E-state index contributed by atoms with van der Waals surface area (Å²) in [6, 6.07) is 15.6. The fraction of sp³-hybridized carbons (Fsp3) is 0.111. The molecule has 2 rings (SSSR count). The molecule has 0 bridgehead atoms. The van der Waals surface area contributed by atoms with E-state index in [1.165, 1.54) is 0 Å². The second kappa shape index (κ2) is 7.02. The standard InChI is InChI=1S/C18H14N4O/c1-12-6-7-15(8-13(12)2)18(23)14-4-3-5-16(9-14)21-22-17(10-19)11-20/h3-9,21H,1-2H3. The lowest BCUT2D eigenvalue weighted by molar-refractivity contribution is 0.103. The number of hydrogen-bond donors (Lipinski definition) is 1. The van der Waals surface area contributed by atoms with Crippen LogP contribution in [0, 0.1) is 36.5 Å². The monoisotopic (exact) mass is 302 g/mol. The van der Waals surface area contributed by atoms with Gasteiger partial charge in [0.1, 0.15) is 12.1 Å². The molecule has 0 fully saturated rings. The zero-order valence-electron chi connectivity index (χ0n) is 12.8. The summed E-state index contributed by atoms with van der Waals surface area (Å²) in [5.74, 6) is -0.0958. The largest absolute Gasteiger partial charge is 0.289 e. The van der Waals surface area contributed by atoms with Crippen LogP contribution in [-0.4, -0.2) is 11.5 Å². The van der Waals surface area contributed by atoms with Gasteiger partial charge in [-0.2, -0.15) is 15.6 Å². The molecular weight excluding hydrogens is 288 g/mol. The highest BCUT2D eigenvalue weighted by Crippen LogP contribution is 2.17. The predicted molar refractivity (Wildman–Crippen MR) is 88.1 cm³/mol. The molecule has 0 aliphatic rings. The van der Waals surface area contributed by atoms with Crippen LogP contribution in [0.2, 0.25) is 0 Å². The number of nitrogens with one attached hydrogen (secondary N) is 1. The van der Waals surface area contributed by atoms with Gasteiger partial charge in [0.15, 0.2) is 5.78 Å². The molecule has 0 unspecified atom stereocenters. The molecule has 2 aromatic rings. The Balaban J connectivity index is 2.27. The second-order valence-electron chi connectivity index (χ2n) is 5.00. The lowest BCUT2D eigenvalue weighted by Crippen LogP contribution is -2.03. The minimum atomic E-state index is -0.282. The van der Waals surface area contributed by atoms with E-state index < -0.39 is 0 Å². The Bertz CT molecular complexity index is 853. The maximum absolute atomic E-state index is 12.5. The first kappa shape index (κ1) is 15.9. The van der Waals surface area contributed by atoms with Gasteiger partial charge in [-0.1, -0.05) is 24.3 Å². The highest BCUT2D eigenvalue weighted by molar-refractivity contribution is 6.11. The molecule has 0 atom stereocenters. The molecule has 0 radical (unpaired) electrons. The lowest BCUT2D eigenvalue weighted by Gasteiger charge is -2.06. The minimum Gasteiger partial charge on any atom is -0.289 e. The van der Waals surface area contributed by atoms with Gasteiger partial charge in [0.25, 0.3) is 0 Å². The second-order valence-corrected chi connectivity index (χ2v) is 5.00. The van der Waals surface area contributed by atoms with Gasteiger partial charge >= 0.3 is 0 Å². The van der Waals surface area contributed by atoms with Crippen molar-refractivity contribution in [2.24, 2.45) is 5.10 Å². The average Bonchev–Trinajstić information content (AvgIpc) is 2.58. The summed E-state index contributed by atoms with van der Waals surface area (Å²) in [7, 11) is 0. The number of hydrogen-bond acceptors (Lipinski definition) is 5. The zero-order chi connectivity index (χ0) is 16.8. The van der Waals surface area contributed by atoms with E-state index in [2.05, 4.69) is 10.5 Å². The van der Waals surface area contributed by atoms with Gasteiger partial charge < -0.3 is 0 Å². The number of nitrogens with zero attached hydrogens (tertiary/aromatic N) is 3. The van der Waals surface area contributed by atoms with Crippen molar-refractivity contribution in [1.29, 1.82) is 10.5 Å². The van der Waals surface area contributed by atoms with Crippen LogP contribution in [0.4, 0.5) is 5.69 Å². The molecule has 0 aliphatic carbocycles. The van der Waals surface area contributed by atoms with Gasteiger partial charge in [0.2, 0.25) is 5.71 Å². The molecule has 0 spiro atoms. The van der Waals surface area contributed by atoms with Gasteiger partial charge in [-0.15, -0.1) is 0 Å². The minimum absolute atomic E-state index is 0.0958. The third kappa shape index (κ3) is 3.81. The zero-order valence-corrected chi connectivity index (χ0v) is 12.8. The van der Waals surface area contributed by atoms with Crippen molar-refractivity contribution in [3.63, 3.8) is 0 Å². The van der Waals surface area contributed by atoms with E-state index in [1.807, 2.05) is 26.0 Å². The van der Waals surface area contributed by atoms with Crippen LogP contribution in [0.5, 0.6) is 0 Å². The number of anilines is 1. The van der Waals surface area contributed by atoms with Crippen molar-refractivity contribution >= 4 is 17.2 Å². The SMILES string of the molecule is Cc1ccc(C(=O)c2cccc(NN=C(C#N)C#N)c2)cc1C. The first-order valence-electron chi connectivity index (χ1n) is 6.91. The average molecular weight is 302 g/mol. The number of ketones is 1. The number of nitriles is 2. The normalized spacial score (nSPS) is 9.39. The molecular formula is C18H14N4O.